The van der Waals surface area contributed by atoms with Crippen LogP contribution in [0.5, 0.6) is 5.75 Å². The van der Waals surface area contributed by atoms with Crippen LogP contribution in [0.15, 0.2) is 70.0 Å². The van der Waals surface area contributed by atoms with Crippen LogP contribution in [0.25, 0.3) is 11.1 Å². The maximum absolute atomic E-state index is 10.7. The molecule has 0 amide bonds. The molecule has 2 unspecified atom stereocenters. The Kier molecular flexibility index (Phi) is 5.35. The van der Waals surface area contributed by atoms with Gasteiger partial charge in [0.25, 0.3) is 0 Å². The first kappa shape index (κ1) is 18.7. The second-order valence-electron chi connectivity index (χ2n) is 6.83. The van der Waals surface area contributed by atoms with Crippen LogP contribution in [0.4, 0.5) is 0 Å². The van der Waals surface area contributed by atoms with Crippen LogP contribution in [-0.4, -0.2) is 29.9 Å². The fourth-order valence-electron chi connectivity index (χ4n) is 3.70. The third-order valence-electron chi connectivity index (χ3n) is 4.90. The molecule has 5 heteroatoms. The zero-order chi connectivity index (χ0) is 19.0. The maximum Gasteiger partial charge on any atom is 0.116 e. The number of hydrogen-bond donors (Lipinski definition) is 2. The quantitative estimate of drug-likeness (QED) is 0.453. The molecule has 0 saturated heterocycles. The monoisotopic (exact) mass is 436 g/mol. The molecule has 2 N–H and O–H groups in total. The van der Waals surface area contributed by atoms with Crippen molar-refractivity contribution in [3.8, 4) is 16.9 Å². The van der Waals surface area contributed by atoms with E-state index in [4.69, 9.17) is 7.85 Å². The topological polar surface area (TPSA) is 40.5 Å². The number of thioether (sulfide) groups is 1. The third-order valence-corrected chi connectivity index (χ3v) is 6.53. The highest BCUT2D eigenvalue weighted by Crippen LogP contribution is 2.47. The minimum atomic E-state index is -0.456. The first-order valence-electron chi connectivity index (χ1n) is 8.80. The molecule has 0 heterocycles. The largest absolute Gasteiger partial charge is 0.508 e. The number of aromatic hydroxyl groups is 1. The lowest BCUT2D eigenvalue weighted by Gasteiger charge is -2.18. The molecule has 1 aliphatic rings. The third kappa shape index (κ3) is 3.96. The molecule has 0 fully saturated rings. The van der Waals surface area contributed by atoms with Gasteiger partial charge in [-0.15, -0.1) is 11.8 Å². The molecular formula is C22H18BBrO2S. The lowest BCUT2D eigenvalue weighted by molar-refractivity contribution is 0.184. The van der Waals surface area contributed by atoms with Crippen molar-refractivity contribution in [2.24, 2.45) is 0 Å². The first-order valence-corrected chi connectivity index (χ1v) is 10.6. The standard InChI is InChI=1S/C22H18BBrO2S/c23-13-4-6-18-20(8-13)21-9-14(24)5-7-19(21)22(18)11-16(26)12-27-17-3-1-2-15(25)10-17/h1-10,16,22,25-26H,11-12H2. The van der Waals surface area contributed by atoms with Crippen molar-refractivity contribution in [2.75, 3.05) is 5.75 Å². The van der Waals surface area contributed by atoms with E-state index in [1.165, 1.54) is 16.7 Å². The SMILES string of the molecule is [B]c1ccc2c(c1)-c1cc(Br)ccc1C2CC(O)CSc1cccc(O)c1. The summed E-state index contributed by atoms with van der Waals surface area (Å²) in [5.41, 5.74) is 5.55. The van der Waals surface area contributed by atoms with Crippen molar-refractivity contribution >= 4 is 41.0 Å². The molecule has 0 aliphatic heterocycles. The Morgan fingerprint density at radius 2 is 1.74 bits per heavy atom. The number of fused-ring (bicyclic) bond motifs is 3. The Bertz CT molecular complexity index is 940. The predicted octanol–water partition coefficient (Wildman–Crippen LogP) is 4.60. The Morgan fingerprint density at radius 3 is 2.52 bits per heavy atom. The molecule has 3 aromatic rings. The zero-order valence-electron chi connectivity index (χ0n) is 14.6. The van der Waals surface area contributed by atoms with Gasteiger partial charge in [-0.1, -0.05) is 51.7 Å². The highest BCUT2D eigenvalue weighted by atomic mass is 79.9. The lowest BCUT2D eigenvalue weighted by Crippen LogP contribution is -2.15. The molecule has 27 heavy (non-hydrogen) atoms. The van der Waals surface area contributed by atoms with Crippen molar-refractivity contribution in [3.05, 3.63) is 76.3 Å². The van der Waals surface area contributed by atoms with Gasteiger partial charge in [0.2, 0.25) is 0 Å². The molecule has 2 atom stereocenters. The molecule has 3 aromatic carbocycles. The number of hydrogen-bond acceptors (Lipinski definition) is 3. The van der Waals surface area contributed by atoms with Crippen molar-refractivity contribution in [1.29, 1.82) is 0 Å². The molecule has 0 aromatic heterocycles. The zero-order valence-corrected chi connectivity index (χ0v) is 17.0. The molecule has 0 saturated carbocycles. The van der Waals surface area contributed by atoms with E-state index in [0.717, 1.165) is 20.4 Å². The van der Waals surface area contributed by atoms with E-state index in [2.05, 4.69) is 40.2 Å². The van der Waals surface area contributed by atoms with Gasteiger partial charge in [-0.2, -0.15) is 0 Å². The van der Waals surface area contributed by atoms with Gasteiger partial charge in [-0.05, 0) is 59.0 Å². The summed E-state index contributed by atoms with van der Waals surface area (Å²) in [6.45, 7) is 0. The number of aliphatic hydroxyl groups excluding tert-OH is 1. The number of phenols is 1. The van der Waals surface area contributed by atoms with Crippen LogP contribution in [0.2, 0.25) is 0 Å². The van der Waals surface area contributed by atoms with E-state index in [1.807, 2.05) is 24.3 Å². The van der Waals surface area contributed by atoms with Crippen LogP contribution in [0, 0.1) is 0 Å². The Morgan fingerprint density at radius 1 is 1.00 bits per heavy atom. The molecular weight excluding hydrogens is 419 g/mol. The number of aliphatic hydroxyl groups is 1. The van der Waals surface area contributed by atoms with E-state index >= 15 is 0 Å². The molecule has 0 spiro atoms. The van der Waals surface area contributed by atoms with Gasteiger partial charge in [0.15, 0.2) is 0 Å². The average molecular weight is 437 g/mol. The van der Waals surface area contributed by atoms with Gasteiger partial charge in [0, 0.05) is 21.0 Å². The van der Waals surface area contributed by atoms with Crippen LogP contribution < -0.4 is 5.46 Å². The number of phenolic OH excluding ortho intramolecular Hbond substituents is 1. The fourth-order valence-corrected chi connectivity index (χ4v) is 4.96. The van der Waals surface area contributed by atoms with Gasteiger partial charge >= 0.3 is 0 Å². The van der Waals surface area contributed by atoms with E-state index in [1.54, 1.807) is 23.9 Å². The van der Waals surface area contributed by atoms with Crippen LogP contribution in [-0.2, 0) is 0 Å². The Hall–Kier alpha value is -1.69. The molecule has 134 valence electrons. The van der Waals surface area contributed by atoms with E-state index in [0.29, 0.717) is 12.2 Å². The first-order chi connectivity index (χ1) is 13.0. The smallest absolute Gasteiger partial charge is 0.116 e. The van der Waals surface area contributed by atoms with E-state index < -0.39 is 6.10 Å². The maximum atomic E-state index is 10.7. The van der Waals surface area contributed by atoms with Crippen LogP contribution in [0.3, 0.4) is 0 Å². The van der Waals surface area contributed by atoms with Crippen molar-refractivity contribution in [1.82, 2.24) is 0 Å². The Labute approximate surface area is 173 Å². The lowest BCUT2D eigenvalue weighted by atomic mass is 9.88. The number of benzene rings is 3. The second kappa shape index (κ2) is 7.74. The van der Waals surface area contributed by atoms with Gasteiger partial charge in [-0.3, -0.25) is 0 Å². The van der Waals surface area contributed by atoms with Gasteiger partial charge in [-0.25, -0.2) is 0 Å². The second-order valence-corrected chi connectivity index (χ2v) is 8.84. The highest BCUT2D eigenvalue weighted by molar-refractivity contribution is 9.10. The van der Waals surface area contributed by atoms with Crippen molar-refractivity contribution in [3.63, 3.8) is 0 Å². The Balaban J connectivity index is 1.55. The van der Waals surface area contributed by atoms with Gasteiger partial charge in [0.05, 0.1) is 6.10 Å². The molecule has 0 bridgehead atoms. The molecule has 4 rings (SSSR count). The molecule has 2 radical (unpaired) electrons. The summed E-state index contributed by atoms with van der Waals surface area (Å²) in [6, 6.07) is 19.5. The van der Waals surface area contributed by atoms with Crippen LogP contribution in [0.1, 0.15) is 23.5 Å². The minimum Gasteiger partial charge on any atom is -0.508 e. The summed E-state index contributed by atoms with van der Waals surface area (Å²) in [6.07, 6.45) is 0.194. The normalized spacial score (nSPS) is 16.0. The average Bonchev–Trinajstić information content (AvgIpc) is 2.92. The summed E-state index contributed by atoms with van der Waals surface area (Å²) in [4.78, 5) is 0.956. The summed E-state index contributed by atoms with van der Waals surface area (Å²) in [5, 5.41) is 20.3. The fraction of sp³-hybridized carbons (Fsp3) is 0.182. The number of rotatable bonds is 5. The van der Waals surface area contributed by atoms with E-state index in [9.17, 15) is 10.2 Å². The predicted molar refractivity (Wildman–Crippen MR) is 116 cm³/mol. The van der Waals surface area contributed by atoms with Gasteiger partial charge < -0.3 is 10.2 Å². The summed E-state index contributed by atoms with van der Waals surface area (Å²) in [5.74, 6) is 0.982. The highest BCUT2D eigenvalue weighted by Gasteiger charge is 2.30. The summed E-state index contributed by atoms with van der Waals surface area (Å²) < 4.78 is 1.04. The van der Waals surface area contributed by atoms with E-state index in [-0.39, 0.29) is 11.7 Å². The van der Waals surface area contributed by atoms with Crippen LogP contribution >= 0.6 is 27.7 Å². The number of halogens is 1. The summed E-state index contributed by atoms with van der Waals surface area (Å²) >= 11 is 5.11. The minimum absolute atomic E-state index is 0.156. The summed E-state index contributed by atoms with van der Waals surface area (Å²) in [7, 11) is 6.01. The molecule has 2 nitrogen and oxygen atoms in total. The van der Waals surface area contributed by atoms with Crippen molar-refractivity contribution in [2.45, 2.75) is 23.3 Å². The molecule has 1 aliphatic carbocycles. The van der Waals surface area contributed by atoms with Gasteiger partial charge in [0.1, 0.15) is 13.6 Å². The van der Waals surface area contributed by atoms with Crippen molar-refractivity contribution < 1.29 is 10.2 Å².